The number of rotatable bonds is 8. The van der Waals surface area contributed by atoms with Crippen molar-refractivity contribution in [3.63, 3.8) is 0 Å². The van der Waals surface area contributed by atoms with Gasteiger partial charge in [-0.15, -0.1) is 0 Å². The van der Waals surface area contributed by atoms with Crippen molar-refractivity contribution < 1.29 is 18.7 Å². The van der Waals surface area contributed by atoms with Crippen LogP contribution in [0.4, 0.5) is 0 Å². The molecule has 1 aliphatic heterocycles. The Balaban J connectivity index is 1.60. The molecule has 38 heavy (non-hydrogen) atoms. The summed E-state index contributed by atoms with van der Waals surface area (Å²) in [4.78, 5) is 31.2. The Labute approximate surface area is 222 Å². The number of nitrogens with zero attached hydrogens (tertiary/aromatic N) is 2. The second-order valence-corrected chi connectivity index (χ2v) is 10.00. The highest BCUT2D eigenvalue weighted by Gasteiger charge is 2.42. The van der Waals surface area contributed by atoms with Gasteiger partial charge in [-0.25, -0.2) is 0 Å². The van der Waals surface area contributed by atoms with E-state index in [0.717, 1.165) is 22.3 Å². The van der Waals surface area contributed by atoms with E-state index in [9.17, 15) is 9.59 Å². The first-order valence-corrected chi connectivity index (χ1v) is 12.7. The SMILES string of the molecule is COc1cc(C2c3c(oc4cc(C)c(C)cc4c3=O)C(=O)N2CCN(C)C)ccc1OCc1ccccc1. The monoisotopic (exact) mass is 512 g/mol. The highest BCUT2D eigenvalue weighted by molar-refractivity contribution is 5.99. The number of aryl methyl sites for hydroxylation is 2. The van der Waals surface area contributed by atoms with Gasteiger partial charge < -0.3 is 23.7 Å². The van der Waals surface area contributed by atoms with Gasteiger partial charge in [0.2, 0.25) is 5.76 Å². The third kappa shape index (κ3) is 4.65. The quantitative estimate of drug-likeness (QED) is 0.327. The fourth-order valence-electron chi connectivity index (χ4n) is 4.87. The van der Waals surface area contributed by atoms with Gasteiger partial charge in [-0.05, 0) is 74.5 Å². The number of benzene rings is 3. The molecule has 4 aromatic rings. The molecule has 0 spiro atoms. The highest BCUT2D eigenvalue weighted by Crippen LogP contribution is 2.41. The first-order chi connectivity index (χ1) is 18.3. The molecule has 1 amide bonds. The van der Waals surface area contributed by atoms with Crippen molar-refractivity contribution >= 4 is 16.9 Å². The number of ether oxygens (including phenoxy) is 2. The number of fused-ring (bicyclic) bond motifs is 2. The molecule has 1 unspecified atom stereocenters. The lowest BCUT2D eigenvalue weighted by atomic mass is 9.97. The van der Waals surface area contributed by atoms with Crippen LogP contribution in [0, 0.1) is 13.8 Å². The van der Waals surface area contributed by atoms with Crippen molar-refractivity contribution in [3.05, 3.63) is 104 Å². The molecule has 2 heterocycles. The summed E-state index contributed by atoms with van der Waals surface area (Å²) in [7, 11) is 5.49. The summed E-state index contributed by atoms with van der Waals surface area (Å²) in [5.41, 5.74) is 4.41. The van der Waals surface area contributed by atoms with Gasteiger partial charge in [-0.1, -0.05) is 36.4 Å². The summed E-state index contributed by atoms with van der Waals surface area (Å²) in [6, 6.07) is 18.5. The molecule has 1 aromatic heterocycles. The molecule has 0 N–H and O–H groups in total. The van der Waals surface area contributed by atoms with E-state index >= 15 is 0 Å². The largest absolute Gasteiger partial charge is 0.493 e. The molecule has 1 atom stereocenters. The second kappa shape index (κ2) is 10.3. The van der Waals surface area contributed by atoms with Crippen molar-refractivity contribution in [3.8, 4) is 11.5 Å². The van der Waals surface area contributed by atoms with E-state index in [1.165, 1.54) is 0 Å². The Bertz CT molecular complexity index is 1560. The molecule has 0 bridgehead atoms. The van der Waals surface area contributed by atoms with Gasteiger partial charge >= 0.3 is 0 Å². The van der Waals surface area contributed by atoms with Crippen molar-refractivity contribution in [2.45, 2.75) is 26.5 Å². The van der Waals surface area contributed by atoms with E-state index in [-0.39, 0.29) is 17.1 Å². The lowest BCUT2D eigenvalue weighted by Crippen LogP contribution is -2.35. The molecule has 7 nitrogen and oxygen atoms in total. The van der Waals surface area contributed by atoms with E-state index in [4.69, 9.17) is 13.9 Å². The van der Waals surface area contributed by atoms with Crippen LogP contribution in [0.1, 0.15) is 44.4 Å². The van der Waals surface area contributed by atoms with Gasteiger partial charge in [0, 0.05) is 13.1 Å². The minimum absolute atomic E-state index is 0.109. The maximum absolute atomic E-state index is 13.9. The lowest BCUT2D eigenvalue weighted by molar-refractivity contribution is 0.0716. The molecule has 0 aliphatic carbocycles. The van der Waals surface area contributed by atoms with E-state index in [0.29, 0.717) is 47.7 Å². The Morgan fingerprint density at radius 2 is 1.68 bits per heavy atom. The molecule has 196 valence electrons. The molecular formula is C31H32N2O5. The predicted octanol–water partition coefficient (Wildman–Crippen LogP) is 5.10. The molecule has 0 fully saturated rings. The van der Waals surface area contributed by atoms with Gasteiger partial charge in [-0.2, -0.15) is 0 Å². The molecule has 0 radical (unpaired) electrons. The maximum atomic E-state index is 13.9. The normalized spacial score (nSPS) is 14.8. The molecule has 1 aliphatic rings. The highest BCUT2D eigenvalue weighted by atomic mass is 16.5. The summed E-state index contributed by atoms with van der Waals surface area (Å²) < 4.78 is 17.8. The van der Waals surface area contributed by atoms with Crippen LogP contribution in [0.3, 0.4) is 0 Å². The van der Waals surface area contributed by atoms with Crippen LogP contribution in [0.5, 0.6) is 11.5 Å². The minimum Gasteiger partial charge on any atom is -0.493 e. The van der Waals surface area contributed by atoms with Gasteiger partial charge in [-0.3, -0.25) is 9.59 Å². The lowest BCUT2D eigenvalue weighted by Gasteiger charge is -2.27. The Morgan fingerprint density at radius 1 is 0.947 bits per heavy atom. The second-order valence-electron chi connectivity index (χ2n) is 10.00. The van der Waals surface area contributed by atoms with E-state index in [2.05, 4.69) is 0 Å². The molecule has 0 saturated heterocycles. The third-order valence-electron chi connectivity index (χ3n) is 7.11. The van der Waals surface area contributed by atoms with Crippen LogP contribution >= 0.6 is 0 Å². The first-order valence-electron chi connectivity index (χ1n) is 12.7. The number of likely N-dealkylation sites (N-methyl/N-ethyl adjacent to an activating group) is 1. The number of carbonyl (C=O) groups excluding carboxylic acids is 1. The summed E-state index contributed by atoms with van der Waals surface area (Å²) in [6.45, 7) is 5.39. The number of amides is 1. The summed E-state index contributed by atoms with van der Waals surface area (Å²) in [6.07, 6.45) is 0. The fourth-order valence-corrected chi connectivity index (χ4v) is 4.87. The molecule has 5 rings (SSSR count). The maximum Gasteiger partial charge on any atom is 0.290 e. The van der Waals surface area contributed by atoms with Gasteiger partial charge in [0.25, 0.3) is 5.91 Å². The minimum atomic E-state index is -0.600. The fraction of sp³-hybridized carbons (Fsp3) is 0.290. The number of hydrogen-bond donors (Lipinski definition) is 0. The average molecular weight is 513 g/mol. The van der Waals surface area contributed by atoms with Crippen LogP contribution in [0.2, 0.25) is 0 Å². The Hall–Kier alpha value is -4.10. The van der Waals surface area contributed by atoms with Crippen LogP contribution < -0.4 is 14.9 Å². The number of carbonyl (C=O) groups is 1. The molecule has 7 heteroatoms. The molecular weight excluding hydrogens is 480 g/mol. The topological polar surface area (TPSA) is 72.2 Å². The third-order valence-corrected chi connectivity index (χ3v) is 7.11. The van der Waals surface area contributed by atoms with Crippen LogP contribution in [-0.4, -0.2) is 50.0 Å². The zero-order chi connectivity index (χ0) is 27.0. The zero-order valence-electron chi connectivity index (χ0n) is 22.4. The molecule has 3 aromatic carbocycles. The zero-order valence-corrected chi connectivity index (χ0v) is 22.4. The van der Waals surface area contributed by atoms with Crippen LogP contribution in [-0.2, 0) is 6.61 Å². The Morgan fingerprint density at radius 3 is 2.39 bits per heavy atom. The predicted molar refractivity (Wildman–Crippen MR) is 147 cm³/mol. The number of hydrogen-bond acceptors (Lipinski definition) is 6. The van der Waals surface area contributed by atoms with Crippen LogP contribution in [0.25, 0.3) is 11.0 Å². The van der Waals surface area contributed by atoms with Gasteiger partial charge in [0.15, 0.2) is 16.9 Å². The van der Waals surface area contributed by atoms with Crippen molar-refractivity contribution in [1.82, 2.24) is 9.80 Å². The van der Waals surface area contributed by atoms with E-state index in [1.807, 2.05) is 93.5 Å². The van der Waals surface area contributed by atoms with Crippen LogP contribution in [0.15, 0.2) is 69.9 Å². The van der Waals surface area contributed by atoms with E-state index < -0.39 is 6.04 Å². The van der Waals surface area contributed by atoms with Gasteiger partial charge in [0.1, 0.15) is 12.2 Å². The summed E-state index contributed by atoms with van der Waals surface area (Å²) >= 11 is 0. The Kier molecular flexibility index (Phi) is 6.95. The summed E-state index contributed by atoms with van der Waals surface area (Å²) in [5.74, 6) is 0.940. The standard InChI is InChI=1S/C31H32N2O5/c1-19-15-23-25(16-20(19)2)38-30-27(29(23)34)28(33(31(30)35)14-13-32(3)4)22-11-12-24(26(17-22)36-5)37-18-21-9-7-6-8-10-21/h6-12,15-17,28H,13-14,18H2,1-5H3. The van der Waals surface area contributed by atoms with Gasteiger partial charge in [0.05, 0.1) is 24.1 Å². The smallest absolute Gasteiger partial charge is 0.290 e. The van der Waals surface area contributed by atoms with Crippen molar-refractivity contribution in [2.75, 3.05) is 34.3 Å². The average Bonchev–Trinajstić information content (AvgIpc) is 3.19. The van der Waals surface area contributed by atoms with Crippen molar-refractivity contribution in [2.24, 2.45) is 0 Å². The summed E-state index contributed by atoms with van der Waals surface area (Å²) in [5, 5.41) is 0.480. The molecule has 0 saturated carbocycles. The van der Waals surface area contributed by atoms with Crippen molar-refractivity contribution in [1.29, 1.82) is 0 Å². The van der Waals surface area contributed by atoms with E-state index in [1.54, 1.807) is 12.0 Å². The first kappa shape index (κ1) is 25.5. The number of methoxy groups -OCH3 is 1.